The van der Waals surface area contributed by atoms with Gasteiger partial charge in [-0.1, -0.05) is 41.9 Å². The molecule has 4 atom stereocenters. The van der Waals surface area contributed by atoms with Crippen LogP contribution in [0.3, 0.4) is 0 Å². The third-order valence-electron chi connectivity index (χ3n) is 7.11. The van der Waals surface area contributed by atoms with Crippen LogP contribution in [0.4, 0.5) is 0 Å². The van der Waals surface area contributed by atoms with Crippen molar-refractivity contribution >= 4 is 31.9 Å². The number of sulfonamides is 1. The minimum atomic E-state index is -3.50. The van der Waals surface area contributed by atoms with E-state index in [4.69, 9.17) is 4.74 Å². The van der Waals surface area contributed by atoms with Crippen molar-refractivity contribution in [3.63, 3.8) is 0 Å². The summed E-state index contributed by atoms with van der Waals surface area (Å²) in [6.07, 6.45) is 11.9. The Labute approximate surface area is 201 Å². The molecule has 32 heavy (non-hydrogen) atoms. The molecule has 5 nitrogen and oxygen atoms in total. The van der Waals surface area contributed by atoms with E-state index in [-0.39, 0.29) is 12.1 Å². The van der Waals surface area contributed by atoms with Gasteiger partial charge >= 0.3 is 5.97 Å². The van der Waals surface area contributed by atoms with E-state index >= 15 is 0 Å². The first-order valence-electron chi connectivity index (χ1n) is 11.9. The van der Waals surface area contributed by atoms with E-state index in [0.717, 1.165) is 30.2 Å². The van der Waals surface area contributed by atoms with Gasteiger partial charge in [-0.2, -0.15) is 0 Å². The highest BCUT2D eigenvalue weighted by Gasteiger charge is 2.46. The van der Waals surface area contributed by atoms with Gasteiger partial charge in [0.2, 0.25) is 10.0 Å². The lowest BCUT2D eigenvalue weighted by molar-refractivity contribution is -0.149. The summed E-state index contributed by atoms with van der Waals surface area (Å²) in [6, 6.07) is 6.74. The molecule has 0 radical (unpaired) electrons. The van der Waals surface area contributed by atoms with Crippen LogP contribution in [0.1, 0.15) is 65.2 Å². The van der Waals surface area contributed by atoms with Crippen LogP contribution in [0.2, 0.25) is 0 Å². The second-order valence-corrected chi connectivity index (χ2v) is 11.8. The molecule has 7 heteroatoms. The number of benzene rings is 1. The average molecular weight is 527 g/mol. The Kier molecular flexibility index (Phi) is 9.38. The van der Waals surface area contributed by atoms with Crippen LogP contribution in [0, 0.1) is 23.7 Å². The number of carbonyl (C=O) groups excluding carboxylic acids is 1. The number of hydrogen-bond donors (Lipinski definition) is 1. The highest BCUT2D eigenvalue weighted by Crippen LogP contribution is 2.52. The summed E-state index contributed by atoms with van der Waals surface area (Å²) in [6.45, 7) is 4.56. The minimum Gasteiger partial charge on any atom is -0.462 e. The zero-order chi connectivity index (χ0) is 23.1. The third kappa shape index (κ3) is 6.67. The first kappa shape index (κ1) is 25.4. The van der Waals surface area contributed by atoms with Gasteiger partial charge in [0.1, 0.15) is 6.10 Å². The van der Waals surface area contributed by atoms with Crippen molar-refractivity contribution in [2.75, 3.05) is 6.54 Å². The normalized spacial score (nSPS) is 25.1. The Balaban J connectivity index is 1.49. The standard InChI is InChI=1S/C25H36BrNO4S/c1-3-21(4-2)31-25(28)9-7-5-6-8-23-18-10-11-19(16-18)24(23)17-27-32(29,30)22-14-12-20(26)13-15-22/h6,8,12-15,18-19,21,23-24,27H,3-5,7,9-11,16-17H2,1-2H3/b8-6-. The Morgan fingerprint density at radius 2 is 1.88 bits per heavy atom. The fourth-order valence-electron chi connectivity index (χ4n) is 5.28. The predicted molar refractivity (Wildman–Crippen MR) is 131 cm³/mol. The van der Waals surface area contributed by atoms with Crippen LogP contribution in [-0.2, 0) is 19.6 Å². The van der Waals surface area contributed by atoms with E-state index in [1.165, 1.54) is 19.3 Å². The van der Waals surface area contributed by atoms with Crippen LogP contribution in [0.25, 0.3) is 0 Å². The second-order valence-electron chi connectivity index (χ2n) is 9.13. The number of unbranched alkanes of at least 4 members (excludes halogenated alkanes) is 1. The number of halogens is 1. The molecule has 3 rings (SSSR count). The minimum absolute atomic E-state index is 0.0361. The maximum Gasteiger partial charge on any atom is 0.306 e. The summed E-state index contributed by atoms with van der Waals surface area (Å²) in [4.78, 5) is 12.2. The van der Waals surface area contributed by atoms with Gasteiger partial charge in [0, 0.05) is 17.4 Å². The van der Waals surface area contributed by atoms with E-state index in [2.05, 4.69) is 32.8 Å². The molecule has 0 spiro atoms. The lowest BCUT2D eigenvalue weighted by Gasteiger charge is -2.29. The average Bonchev–Trinajstić information content (AvgIpc) is 3.38. The number of esters is 1. The molecule has 0 heterocycles. The molecule has 0 amide bonds. The van der Waals surface area contributed by atoms with Crippen molar-refractivity contribution in [2.24, 2.45) is 23.7 Å². The smallest absolute Gasteiger partial charge is 0.306 e. The van der Waals surface area contributed by atoms with Gasteiger partial charge in [-0.05, 0) is 92.9 Å². The summed E-state index contributed by atoms with van der Waals surface area (Å²) in [5, 5.41) is 0. The maximum absolute atomic E-state index is 12.7. The van der Waals surface area contributed by atoms with Crippen LogP contribution in [-0.4, -0.2) is 27.0 Å². The SMILES string of the molecule is CCC(CC)OC(=O)CCC/C=C\C1C2CCC(C2)C1CNS(=O)(=O)c1ccc(Br)cc1. The van der Waals surface area contributed by atoms with Gasteiger partial charge in [-0.15, -0.1) is 0 Å². The van der Waals surface area contributed by atoms with Crippen molar-refractivity contribution in [1.29, 1.82) is 0 Å². The molecule has 178 valence electrons. The molecule has 2 aliphatic carbocycles. The number of nitrogens with one attached hydrogen (secondary N) is 1. The molecule has 4 unspecified atom stereocenters. The first-order valence-corrected chi connectivity index (χ1v) is 14.2. The summed E-state index contributed by atoms with van der Waals surface area (Å²) in [5.41, 5.74) is 0. The summed E-state index contributed by atoms with van der Waals surface area (Å²) in [5.74, 6) is 1.90. The number of hydrogen-bond acceptors (Lipinski definition) is 4. The molecular weight excluding hydrogens is 490 g/mol. The van der Waals surface area contributed by atoms with E-state index in [1.807, 2.05) is 13.8 Å². The Bertz CT molecular complexity index is 880. The van der Waals surface area contributed by atoms with Crippen molar-refractivity contribution in [2.45, 2.75) is 76.2 Å². The molecule has 0 saturated heterocycles. The molecular formula is C25H36BrNO4S. The fraction of sp³-hybridized carbons (Fsp3) is 0.640. The Morgan fingerprint density at radius 1 is 1.19 bits per heavy atom. The highest BCUT2D eigenvalue weighted by atomic mass is 79.9. The second kappa shape index (κ2) is 11.8. The lowest BCUT2D eigenvalue weighted by atomic mass is 9.79. The van der Waals surface area contributed by atoms with Crippen molar-refractivity contribution in [3.05, 3.63) is 40.9 Å². The predicted octanol–water partition coefficient (Wildman–Crippen LogP) is 5.85. The highest BCUT2D eigenvalue weighted by molar-refractivity contribution is 9.10. The Hall–Kier alpha value is -1.18. The summed E-state index contributed by atoms with van der Waals surface area (Å²) < 4.78 is 34.6. The number of rotatable bonds is 12. The van der Waals surface area contributed by atoms with Crippen LogP contribution < -0.4 is 4.72 Å². The monoisotopic (exact) mass is 525 g/mol. The van der Waals surface area contributed by atoms with Crippen molar-refractivity contribution in [3.8, 4) is 0 Å². The van der Waals surface area contributed by atoms with Crippen molar-refractivity contribution in [1.82, 2.24) is 4.72 Å². The largest absolute Gasteiger partial charge is 0.462 e. The summed E-state index contributed by atoms with van der Waals surface area (Å²) >= 11 is 3.35. The van der Waals surface area contributed by atoms with Crippen LogP contribution >= 0.6 is 15.9 Å². The zero-order valence-corrected chi connectivity index (χ0v) is 21.5. The molecule has 2 saturated carbocycles. The lowest BCUT2D eigenvalue weighted by Crippen LogP contribution is -2.35. The third-order valence-corrected chi connectivity index (χ3v) is 9.08. The van der Waals surface area contributed by atoms with E-state index < -0.39 is 10.0 Å². The van der Waals surface area contributed by atoms with Crippen molar-refractivity contribution < 1.29 is 17.9 Å². The van der Waals surface area contributed by atoms with E-state index in [0.29, 0.717) is 41.5 Å². The summed E-state index contributed by atoms with van der Waals surface area (Å²) in [7, 11) is -3.50. The molecule has 1 N–H and O–H groups in total. The van der Waals surface area contributed by atoms with E-state index in [1.54, 1.807) is 24.3 Å². The molecule has 2 aliphatic rings. The van der Waals surface area contributed by atoms with Gasteiger partial charge in [0.05, 0.1) is 4.90 Å². The number of fused-ring (bicyclic) bond motifs is 2. The first-order chi connectivity index (χ1) is 15.3. The van der Waals surface area contributed by atoms with Crippen LogP contribution in [0.5, 0.6) is 0 Å². The number of allylic oxidation sites excluding steroid dienone is 2. The topological polar surface area (TPSA) is 72.5 Å². The maximum atomic E-state index is 12.7. The van der Waals surface area contributed by atoms with Gasteiger partial charge < -0.3 is 4.74 Å². The molecule has 2 bridgehead atoms. The fourth-order valence-corrected chi connectivity index (χ4v) is 6.62. The van der Waals surface area contributed by atoms with Gasteiger partial charge in [0.25, 0.3) is 0 Å². The van der Waals surface area contributed by atoms with Gasteiger partial charge in [-0.3, -0.25) is 4.79 Å². The molecule has 1 aromatic rings. The quantitative estimate of drug-likeness (QED) is 0.211. The molecule has 0 aromatic heterocycles. The Morgan fingerprint density at radius 3 is 2.56 bits per heavy atom. The van der Waals surface area contributed by atoms with Crippen LogP contribution in [0.15, 0.2) is 45.8 Å². The van der Waals surface area contributed by atoms with Gasteiger partial charge in [0.15, 0.2) is 0 Å². The van der Waals surface area contributed by atoms with Gasteiger partial charge in [-0.25, -0.2) is 13.1 Å². The molecule has 1 aromatic carbocycles. The molecule has 0 aliphatic heterocycles. The molecule has 2 fully saturated rings. The number of carbonyl (C=O) groups is 1. The van der Waals surface area contributed by atoms with E-state index in [9.17, 15) is 13.2 Å². The zero-order valence-electron chi connectivity index (χ0n) is 19.1. The number of ether oxygens (including phenoxy) is 1.